The Morgan fingerprint density at radius 3 is 2.32 bits per heavy atom. The second kappa shape index (κ2) is 8.19. The Hall–Kier alpha value is -2.54. The van der Waals surface area contributed by atoms with Crippen molar-refractivity contribution in [3.8, 4) is 0 Å². The maximum atomic E-state index is 14.0. The second-order valence-corrected chi connectivity index (χ2v) is 8.46. The number of benzene rings is 2. The third-order valence-electron chi connectivity index (χ3n) is 6.19. The van der Waals surface area contributed by atoms with Gasteiger partial charge in [0.25, 0.3) is 0 Å². The van der Waals surface area contributed by atoms with Crippen LogP contribution in [0.5, 0.6) is 0 Å². The standard InChI is InChI=1S/C23H24ClF3N2O2/c1-5-22(12-28-20(30)15(22)4)21(31)29(19-13(2)7-6-8-14(19)3)18-10-16(23(25,26)27)9-17(24)11-18/h6-11,15H,5,12H2,1-4H3,(H,28,30). The predicted molar refractivity (Wildman–Crippen MR) is 114 cm³/mol. The maximum Gasteiger partial charge on any atom is 0.416 e. The monoisotopic (exact) mass is 452 g/mol. The highest BCUT2D eigenvalue weighted by Gasteiger charge is 2.52. The third kappa shape index (κ3) is 4.03. The van der Waals surface area contributed by atoms with Gasteiger partial charge in [-0.25, -0.2) is 0 Å². The van der Waals surface area contributed by atoms with E-state index in [4.69, 9.17) is 11.6 Å². The van der Waals surface area contributed by atoms with Crippen LogP contribution in [-0.2, 0) is 15.8 Å². The molecule has 0 aromatic heterocycles. The molecule has 4 nitrogen and oxygen atoms in total. The molecule has 2 aromatic rings. The summed E-state index contributed by atoms with van der Waals surface area (Å²) in [6.45, 7) is 7.18. The summed E-state index contributed by atoms with van der Waals surface area (Å²) in [5, 5.41) is 2.60. The van der Waals surface area contributed by atoms with Gasteiger partial charge in [-0.05, 0) is 49.6 Å². The van der Waals surface area contributed by atoms with Gasteiger partial charge in [-0.1, -0.05) is 43.6 Å². The summed E-state index contributed by atoms with van der Waals surface area (Å²) in [6.07, 6.45) is -4.28. The molecule has 1 aliphatic rings. The number of hydrogen-bond acceptors (Lipinski definition) is 2. The van der Waals surface area contributed by atoms with Crippen LogP contribution in [0.15, 0.2) is 36.4 Å². The lowest BCUT2D eigenvalue weighted by Gasteiger charge is -2.37. The van der Waals surface area contributed by atoms with Crippen molar-refractivity contribution >= 4 is 34.8 Å². The molecule has 2 unspecified atom stereocenters. The fourth-order valence-electron chi connectivity index (χ4n) is 4.24. The minimum atomic E-state index is -4.63. The van der Waals surface area contributed by atoms with E-state index in [1.807, 2.05) is 6.07 Å². The SMILES string of the molecule is CCC1(C(=O)N(c2cc(Cl)cc(C(F)(F)F)c2)c2c(C)cccc2C)CNC(=O)C1C. The first-order valence-electron chi connectivity index (χ1n) is 9.98. The van der Waals surface area contributed by atoms with E-state index in [1.54, 1.807) is 39.8 Å². The summed E-state index contributed by atoms with van der Waals surface area (Å²) < 4.78 is 40.5. The van der Waals surface area contributed by atoms with E-state index in [1.165, 1.54) is 11.0 Å². The van der Waals surface area contributed by atoms with Crippen LogP contribution in [0.1, 0.15) is 37.0 Å². The quantitative estimate of drug-likeness (QED) is 0.637. The van der Waals surface area contributed by atoms with Crippen LogP contribution in [-0.4, -0.2) is 18.4 Å². The highest BCUT2D eigenvalue weighted by Crippen LogP contribution is 2.44. The van der Waals surface area contributed by atoms with Gasteiger partial charge >= 0.3 is 6.18 Å². The number of carbonyl (C=O) groups is 2. The summed E-state index contributed by atoms with van der Waals surface area (Å²) in [5.41, 5.74) is -0.0924. The molecule has 0 spiro atoms. The van der Waals surface area contributed by atoms with Crippen molar-refractivity contribution in [2.45, 2.75) is 40.3 Å². The normalized spacial score (nSPS) is 21.2. The highest BCUT2D eigenvalue weighted by molar-refractivity contribution is 6.31. The number of aryl methyl sites for hydroxylation is 2. The molecule has 0 saturated carbocycles. The molecule has 1 heterocycles. The van der Waals surface area contributed by atoms with E-state index in [0.717, 1.165) is 23.3 Å². The zero-order valence-electron chi connectivity index (χ0n) is 17.7. The van der Waals surface area contributed by atoms with Crippen molar-refractivity contribution in [2.75, 3.05) is 11.4 Å². The summed E-state index contributed by atoms with van der Waals surface area (Å²) in [4.78, 5) is 27.6. The van der Waals surface area contributed by atoms with Crippen LogP contribution < -0.4 is 10.2 Å². The van der Waals surface area contributed by atoms with Gasteiger partial charge in [-0.15, -0.1) is 0 Å². The summed E-state index contributed by atoms with van der Waals surface area (Å²) in [6, 6.07) is 8.49. The third-order valence-corrected chi connectivity index (χ3v) is 6.41. The molecule has 0 aliphatic carbocycles. The Bertz CT molecular complexity index is 1020. The smallest absolute Gasteiger partial charge is 0.355 e. The Kier molecular flexibility index (Phi) is 6.11. The molecule has 1 N–H and O–H groups in total. The van der Waals surface area contributed by atoms with E-state index >= 15 is 0 Å². The molecule has 3 rings (SSSR count). The van der Waals surface area contributed by atoms with Crippen LogP contribution in [0, 0.1) is 25.2 Å². The molecule has 166 valence electrons. The Balaban J connectivity index is 2.29. The highest BCUT2D eigenvalue weighted by atomic mass is 35.5. The average Bonchev–Trinajstić information content (AvgIpc) is 2.98. The van der Waals surface area contributed by atoms with Gasteiger partial charge < -0.3 is 5.32 Å². The van der Waals surface area contributed by atoms with Crippen molar-refractivity contribution in [1.82, 2.24) is 5.32 Å². The zero-order chi connectivity index (χ0) is 23.1. The number of amides is 2. The van der Waals surface area contributed by atoms with Gasteiger partial charge in [0.05, 0.1) is 28.3 Å². The number of halogens is 4. The van der Waals surface area contributed by atoms with E-state index in [0.29, 0.717) is 12.1 Å². The van der Waals surface area contributed by atoms with E-state index in [9.17, 15) is 22.8 Å². The van der Waals surface area contributed by atoms with Gasteiger partial charge in [0, 0.05) is 11.6 Å². The Morgan fingerprint density at radius 2 is 1.84 bits per heavy atom. The Labute approximate surface area is 184 Å². The number of anilines is 2. The van der Waals surface area contributed by atoms with Crippen molar-refractivity contribution < 1.29 is 22.8 Å². The minimum Gasteiger partial charge on any atom is -0.355 e. The molecule has 0 radical (unpaired) electrons. The number of hydrogen-bond donors (Lipinski definition) is 1. The fourth-order valence-corrected chi connectivity index (χ4v) is 4.47. The van der Waals surface area contributed by atoms with Crippen molar-refractivity contribution in [2.24, 2.45) is 11.3 Å². The number of nitrogens with zero attached hydrogens (tertiary/aromatic N) is 1. The zero-order valence-corrected chi connectivity index (χ0v) is 18.5. The molecular formula is C23H24ClF3N2O2. The van der Waals surface area contributed by atoms with Crippen LogP contribution in [0.3, 0.4) is 0 Å². The lowest BCUT2D eigenvalue weighted by atomic mass is 9.75. The summed E-state index contributed by atoms with van der Waals surface area (Å²) >= 11 is 6.05. The topological polar surface area (TPSA) is 49.4 Å². The number of rotatable bonds is 4. The molecule has 1 fully saturated rings. The molecule has 1 aliphatic heterocycles. The van der Waals surface area contributed by atoms with Gasteiger partial charge in [0.15, 0.2) is 0 Å². The Morgan fingerprint density at radius 1 is 1.23 bits per heavy atom. The molecule has 1 saturated heterocycles. The second-order valence-electron chi connectivity index (χ2n) is 8.03. The maximum absolute atomic E-state index is 14.0. The van der Waals surface area contributed by atoms with Gasteiger partial charge in [-0.3, -0.25) is 14.5 Å². The first-order chi connectivity index (χ1) is 14.4. The molecule has 0 bridgehead atoms. The molecule has 8 heteroatoms. The lowest BCUT2D eigenvalue weighted by molar-refractivity contribution is -0.137. The lowest BCUT2D eigenvalue weighted by Crippen LogP contribution is -2.46. The largest absolute Gasteiger partial charge is 0.416 e. The van der Waals surface area contributed by atoms with Gasteiger partial charge in [0.1, 0.15) is 0 Å². The van der Waals surface area contributed by atoms with Crippen LogP contribution in [0.2, 0.25) is 5.02 Å². The molecule has 2 aromatic carbocycles. The summed E-state index contributed by atoms with van der Waals surface area (Å²) in [7, 11) is 0. The van der Waals surface area contributed by atoms with Crippen LogP contribution in [0.4, 0.5) is 24.5 Å². The van der Waals surface area contributed by atoms with Gasteiger partial charge in [-0.2, -0.15) is 13.2 Å². The fraction of sp³-hybridized carbons (Fsp3) is 0.391. The number of carbonyl (C=O) groups excluding carboxylic acids is 2. The van der Waals surface area contributed by atoms with Crippen LogP contribution >= 0.6 is 11.6 Å². The minimum absolute atomic E-state index is 0.0154. The van der Waals surface area contributed by atoms with E-state index in [2.05, 4.69) is 5.32 Å². The number of para-hydroxylation sites is 1. The molecule has 2 atom stereocenters. The molecule has 31 heavy (non-hydrogen) atoms. The van der Waals surface area contributed by atoms with Gasteiger partial charge in [0.2, 0.25) is 11.8 Å². The number of nitrogens with one attached hydrogen (secondary N) is 1. The van der Waals surface area contributed by atoms with E-state index in [-0.39, 0.29) is 23.2 Å². The van der Waals surface area contributed by atoms with Crippen molar-refractivity contribution in [3.63, 3.8) is 0 Å². The van der Waals surface area contributed by atoms with Crippen LogP contribution in [0.25, 0.3) is 0 Å². The number of alkyl halides is 3. The first-order valence-corrected chi connectivity index (χ1v) is 10.4. The van der Waals surface area contributed by atoms with Crippen molar-refractivity contribution in [3.05, 3.63) is 58.1 Å². The molecule has 2 amide bonds. The predicted octanol–water partition coefficient (Wildman–Crippen LogP) is 5.80. The summed E-state index contributed by atoms with van der Waals surface area (Å²) in [5.74, 6) is -1.31. The van der Waals surface area contributed by atoms with E-state index < -0.39 is 29.0 Å². The molecular weight excluding hydrogens is 429 g/mol. The van der Waals surface area contributed by atoms with Crippen molar-refractivity contribution in [1.29, 1.82) is 0 Å². The first kappa shape index (κ1) is 23.1. The average molecular weight is 453 g/mol.